The monoisotopic (exact) mass is 389 g/mol. The topological polar surface area (TPSA) is 75.2 Å². The highest BCUT2D eigenvalue weighted by Crippen LogP contribution is 2.22. The number of fused-ring (bicyclic) bond motifs is 1. The van der Waals surface area contributed by atoms with Gasteiger partial charge in [0.05, 0.1) is 10.9 Å². The van der Waals surface area contributed by atoms with Crippen molar-refractivity contribution < 1.29 is 4.79 Å². The van der Waals surface area contributed by atoms with Crippen molar-refractivity contribution in [3.63, 3.8) is 0 Å². The van der Waals surface area contributed by atoms with E-state index in [4.69, 9.17) is 0 Å². The van der Waals surface area contributed by atoms with Gasteiger partial charge >= 0.3 is 5.69 Å². The first-order valence-electron chi connectivity index (χ1n) is 9.81. The Morgan fingerprint density at radius 1 is 1.00 bits per heavy atom. The van der Waals surface area contributed by atoms with E-state index in [1.165, 1.54) is 4.57 Å². The van der Waals surface area contributed by atoms with Gasteiger partial charge < -0.3 is 9.88 Å². The molecule has 1 aliphatic rings. The first kappa shape index (κ1) is 18.9. The summed E-state index contributed by atoms with van der Waals surface area (Å²) in [5, 5.41) is 0.507. The highest BCUT2D eigenvalue weighted by Gasteiger charge is 2.26. The maximum absolute atomic E-state index is 12.8. The minimum atomic E-state index is -0.390. The van der Waals surface area contributed by atoms with Gasteiger partial charge in [0.15, 0.2) is 0 Å². The number of carbonyl (C=O) groups excluding carboxylic acids is 1. The highest BCUT2D eigenvalue weighted by atomic mass is 16.2. The largest absolute Gasteiger partial charge is 0.339 e. The van der Waals surface area contributed by atoms with Gasteiger partial charge in [-0.15, -0.1) is 0 Å². The van der Waals surface area contributed by atoms with Gasteiger partial charge in [-0.25, -0.2) is 4.79 Å². The van der Waals surface area contributed by atoms with E-state index in [1.54, 1.807) is 29.2 Å². The summed E-state index contributed by atoms with van der Waals surface area (Å²) in [5.41, 5.74) is 1.55. The fourth-order valence-electron chi connectivity index (χ4n) is 3.95. The molecule has 1 aliphatic heterocycles. The summed E-state index contributed by atoms with van der Waals surface area (Å²) in [5.74, 6) is -0.00734. The van der Waals surface area contributed by atoms with E-state index in [-0.39, 0.29) is 17.5 Å². The van der Waals surface area contributed by atoms with Crippen molar-refractivity contribution in [3.05, 3.63) is 86.6 Å². The molecule has 1 aromatic heterocycles. The van der Waals surface area contributed by atoms with Crippen LogP contribution in [0.5, 0.6) is 0 Å². The van der Waals surface area contributed by atoms with Gasteiger partial charge in [0.2, 0.25) is 5.91 Å². The van der Waals surface area contributed by atoms with Crippen molar-refractivity contribution in [1.82, 2.24) is 14.5 Å². The van der Waals surface area contributed by atoms with Crippen LogP contribution in [0.3, 0.4) is 0 Å². The number of hydrogen-bond donors (Lipinski definition) is 1. The molecule has 0 bridgehead atoms. The predicted octanol–water partition coefficient (Wildman–Crippen LogP) is 2.96. The van der Waals surface area contributed by atoms with Crippen LogP contribution in [0.25, 0.3) is 17.0 Å². The Hall–Kier alpha value is -3.41. The van der Waals surface area contributed by atoms with E-state index < -0.39 is 5.69 Å². The van der Waals surface area contributed by atoms with Crippen LogP contribution < -0.4 is 11.2 Å². The maximum Gasteiger partial charge on any atom is 0.329 e. The van der Waals surface area contributed by atoms with Crippen molar-refractivity contribution in [2.45, 2.75) is 25.8 Å². The molecule has 6 heteroatoms. The molecule has 0 radical (unpaired) electrons. The minimum absolute atomic E-state index is 0.00734. The van der Waals surface area contributed by atoms with Crippen molar-refractivity contribution in [3.8, 4) is 0 Å². The summed E-state index contributed by atoms with van der Waals surface area (Å²) < 4.78 is 1.32. The van der Waals surface area contributed by atoms with Gasteiger partial charge in [0, 0.05) is 24.7 Å². The summed E-state index contributed by atoms with van der Waals surface area (Å²) in [6.07, 6.45) is 3.03. The van der Waals surface area contributed by atoms with Gasteiger partial charge in [0.1, 0.15) is 0 Å². The lowest BCUT2D eigenvalue weighted by Crippen LogP contribution is -2.45. The summed E-state index contributed by atoms with van der Waals surface area (Å²) >= 11 is 0. The first-order chi connectivity index (χ1) is 14.0. The fraction of sp³-hybridized carbons (Fsp3) is 0.261. The average molecular weight is 389 g/mol. The third kappa shape index (κ3) is 3.78. The number of aromatic nitrogens is 2. The lowest BCUT2D eigenvalue weighted by atomic mass is 10.0. The number of nitrogens with one attached hydrogen (secondary N) is 1. The second-order valence-electron chi connectivity index (χ2n) is 7.41. The number of aromatic amines is 1. The molecule has 6 nitrogen and oxygen atoms in total. The van der Waals surface area contributed by atoms with E-state index >= 15 is 0 Å². The zero-order chi connectivity index (χ0) is 20.4. The zero-order valence-corrected chi connectivity index (χ0v) is 16.3. The number of hydrogen-bond acceptors (Lipinski definition) is 3. The average Bonchev–Trinajstić information content (AvgIpc) is 2.74. The Morgan fingerprint density at radius 3 is 2.38 bits per heavy atom. The summed E-state index contributed by atoms with van der Waals surface area (Å²) in [7, 11) is 0. The third-order valence-corrected chi connectivity index (χ3v) is 5.47. The van der Waals surface area contributed by atoms with E-state index in [1.807, 2.05) is 43.3 Å². The molecule has 29 heavy (non-hydrogen) atoms. The highest BCUT2D eigenvalue weighted by molar-refractivity contribution is 5.97. The summed E-state index contributed by atoms with van der Waals surface area (Å²) in [6, 6.07) is 16.6. The Balaban J connectivity index is 1.51. The Labute approximate surface area is 168 Å². The van der Waals surface area contributed by atoms with Crippen LogP contribution in [0.2, 0.25) is 0 Å². The van der Waals surface area contributed by atoms with E-state index in [9.17, 15) is 14.4 Å². The molecular weight excluding hydrogens is 366 g/mol. The number of benzene rings is 2. The standard InChI is InChI=1S/C23H23N3O3/c1-16(15-17-7-3-2-4-8-17)21(27)25-13-11-18(12-14-25)26-22(28)19-9-5-6-10-20(19)24-23(26)29/h2-10,15,18H,11-14H2,1H3,(H,24,29)/b16-15+. The zero-order valence-electron chi connectivity index (χ0n) is 16.3. The van der Waals surface area contributed by atoms with Crippen molar-refractivity contribution >= 4 is 22.9 Å². The Morgan fingerprint density at radius 2 is 1.66 bits per heavy atom. The predicted molar refractivity (Wildman–Crippen MR) is 114 cm³/mol. The minimum Gasteiger partial charge on any atom is -0.339 e. The number of nitrogens with zero attached hydrogens (tertiary/aromatic N) is 2. The quantitative estimate of drug-likeness (QED) is 0.700. The van der Waals surface area contributed by atoms with E-state index in [0.717, 1.165) is 5.56 Å². The summed E-state index contributed by atoms with van der Waals surface area (Å²) in [6.45, 7) is 2.85. The number of rotatable bonds is 3. The van der Waals surface area contributed by atoms with E-state index in [2.05, 4.69) is 4.98 Å². The SMILES string of the molecule is C/C(=C\c1ccccc1)C(=O)N1CCC(n2c(=O)[nH]c3ccccc3c2=O)CC1. The molecule has 1 amide bonds. The van der Waals surface area contributed by atoms with Crippen molar-refractivity contribution in [2.75, 3.05) is 13.1 Å². The van der Waals surface area contributed by atoms with Crippen molar-refractivity contribution in [2.24, 2.45) is 0 Å². The number of piperidine rings is 1. The molecule has 1 N–H and O–H groups in total. The number of carbonyl (C=O) groups is 1. The van der Waals surface area contributed by atoms with Crippen LogP contribution in [0.15, 0.2) is 69.8 Å². The van der Waals surface area contributed by atoms with Crippen LogP contribution >= 0.6 is 0 Å². The molecule has 148 valence electrons. The molecule has 3 aromatic rings. The molecule has 0 atom stereocenters. The van der Waals surface area contributed by atoms with E-state index in [0.29, 0.717) is 42.4 Å². The third-order valence-electron chi connectivity index (χ3n) is 5.47. The molecule has 0 aliphatic carbocycles. The Bertz CT molecular complexity index is 1180. The molecule has 1 fully saturated rings. The number of likely N-dealkylation sites (tertiary alicyclic amines) is 1. The second kappa shape index (κ2) is 7.91. The molecular formula is C23H23N3O3. The normalized spacial score (nSPS) is 15.6. The van der Waals surface area contributed by atoms with Crippen LogP contribution in [0, 0.1) is 0 Å². The lowest BCUT2D eigenvalue weighted by Gasteiger charge is -2.32. The molecule has 2 heterocycles. The van der Waals surface area contributed by atoms with Gasteiger partial charge in [0.25, 0.3) is 5.56 Å². The van der Waals surface area contributed by atoms with Gasteiger partial charge in [-0.1, -0.05) is 42.5 Å². The first-order valence-corrected chi connectivity index (χ1v) is 9.81. The molecule has 1 saturated heterocycles. The van der Waals surface area contributed by atoms with Crippen LogP contribution in [0.4, 0.5) is 0 Å². The fourth-order valence-corrected chi connectivity index (χ4v) is 3.95. The molecule has 0 unspecified atom stereocenters. The van der Waals surface area contributed by atoms with Gasteiger partial charge in [-0.05, 0) is 43.5 Å². The molecule has 4 rings (SSSR count). The Kier molecular flexibility index (Phi) is 5.16. The van der Waals surface area contributed by atoms with Crippen molar-refractivity contribution in [1.29, 1.82) is 0 Å². The smallest absolute Gasteiger partial charge is 0.329 e. The van der Waals surface area contributed by atoms with Gasteiger partial charge in [-0.2, -0.15) is 0 Å². The number of H-pyrrole nitrogens is 1. The van der Waals surface area contributed by atoms with Crippen LogP contribution in [0.1, 0.15) is 31.4 Å². The molecule has 2 aromatic carbocycles. The second-order valence-corrected chi connectivity index (χ2v) is 7.41. The van der Waals surface area contributed by atoms with Crippen LogP contribution in [-0.4, -0.2) is 33.4 Å². The summed E-state index contributed by atoms with van der Waals surface area (Å²) in [4.78, 5) is 42.7. The molecule has 0 spiro atoms. The maximum atomic E-state index is 12.8. The van der Waals surface area contributed by atoms with Crippen LogP contribution in [-0.2, 0) is 4.79 Å². The number of amides is 1. The van der Waals surface area contributed by atoms with Gasteiger partial charge in [-0.3, -0.25) is 14.2 Å². The lowest BCUT2D eigenvalue weighted by molar-refractivity contribution is -0.128. The number of para-hydroxylation sites is 1. The molecule has 0 saturated carbocycles.